The SMILES string of the molecule is O=C(Nc1ccccc1Cl)C1CC1C(=O)N1CCCCC1. The number of nitrogens with one attached hydrogen (secondary N) is 1. The summed E-state index contributed by atoms with van der Waals surface area (Å²) in [6.07, 6.45) is 4.01. The summed E-state index contributed by atoms with van der Waals surface area (Å²) in [5, 5.41) is 3.34. The molecule has 4 nitrogen and oxygen atoms in total. The molecule has 0 bridgehead atoms. The number of carbonyl (C=O) groups is 2. The summed E-state index contributed by atoms with van der Waals surface area (Å²) in [5.41, 5.74) is 0.611. The molecule has 0 spiro atoms. The molecular weight excluding hydrogens is 288 g/mol. The number of hydrogen-bond donors (Lipinski definition) is 1. The van der Waals surface area contributed by atoms with Gasteiger partial charge in [0.15, 0.2) is 0 Å². The van der Waals surface area contributed by atoms with Gasteiger partial charge in [-0.2, -0.15) is 0 Å². The van der Waals surface area contributed by atoms with Crippen LogP contribution in [0.3, 0.4) is 0 Å². The van der Waals surface area contributed by atoms with Crippen molar-refractivity contribution in [2.75, 3.05) is 18.4 Å². The average molecular weight is 307 g/mol. The zero-order valence-corrected chi connectivity index (χ0v) is 12.6. The van der Waals surface area contributed by atoms with E-state index in [1.165, 1.54) is 6.42 Å². The van der Waals surface area contributed by atoms with Crippen LogP contribution in [-0.4, -0.2) is 29.8 Å². The van der Waals surface area contributed by atoms with E-state index in [1.807, 2.05) is 17.0 Å². The van der Waals surface area contributed by atoms with Gasteiger partial charge in [-0.3, -0.25) is 9.59 Å². The first kappa shape index (κ1) is 14.4. The second-order valence-corrected chi connectivity index (χ2v) is 6.21. The Balaban J connectivity index is 1.56. The van der Waals surface area contributed by atoms with Crippen LogP contribution in [0.25, 0.3) is 0 Å². The van der Waals surface area contributed by atoms with Crippen LogP contribution < -0.4 is 5.32 Å². The van der Waals surface area contributed by atoms with Gasteiger partial charge in [0.1, 0.15) is 0 Å². The summed E-state index contributed by atoms with van der Waals surface area (Å²) in [4.78, 5) is 26.4. The highest BCUT2D eigenvalue weighted by Crippen LogP contribution is 2.41. The zero-order valence-electron chi connectivity index (χ0n) is 11.8. The fraction of sp³-hybridized carbons (Fsp3) is 0.500. The lowest BCUT2D eigenvalue weighted by Gasteiger charge is -2.26. The highest BCUT2D eigenvalue weighted by atomic mass is 35.5. The molecule has 1 aromatic carbocycles. The van der Waals surface area contributed by atoms with E-state index in [-0.39, 0.29) is 23.7 Å². The van der Waals surface area contributed by atoms with Crippen molar-refractivity contribution in [2.45, 2.75) is 25.7 Å². The van der Waals surface area contributed by atoms with Crippen LogP contribution in [0.4, 0.5) is 5.69 Å². The van der Waals surface area contributed by atoms with Gasteiger partial charge in [0.25, 0.3) is 0 Å². The molecule has 0 aromatic heterocycles. The number of nitrogens with zero attached hydrogens (tertiary/aromatic N) is 1. The summed E-state index contributed by atoms with van der Waals surface area (Å²) in [6.45, 7) is 1.68. The van der Waals surface area contributed by atoms with E-state index in [1.54, 1.807) is 12.1 Å². The Hall–Kier alpha value is -1.55. The predicted molar refractivity (Wildman–Crippen MR) is 82.1 cm³/mol. The molecule has 2 unspecified atom stereocenters. The van der Waals surface area contributed by atoms with Crippen LogP contribution in [-0.2, 0) is 9.59 Å². The Morgan fingerprint density at radius 3 is 2.52 bits per heavy atom. The minimum Gasteiger partial charge on any atom is -0.342 e. The largest absolute Gasteiger partial charge is 0.342 e. The first-order chi connectivity index (χ1) is 10.2. The van der Waals surface area contributed by atoms with E-state index < -0.39 is 0 Å². The maximum Gasteiger partial charge on any atom is 0.228 e. The third-order valence-electron chi connectivity index (χ3n) is 4.24. The third kappa shape index (κ3) is 3.21. The van der Waals surface area contributed by atoms with Crippen molar-refractivity contribution in [3.05, 3.63) is 29.3 Å². The van der Waals surface area contributed by atoms with Crippen LogP contribution in [0, 0.1) is 11.8 Å². The quantitative estimate of drug-likeness (QED) is 0.933. The molecule has 5 heteroatoms. The Labute approximate surface area is 129 Å². The molecule has 2 atom stereocenters. The number of rotatable bonds is 3. The normalized spacial score (nSPS) is 24.5. The monoisotopic (exact) mass is 306 g/mol. The number of hydrogen-bond acceptors (Lipinski definition) is 2. The van der Waals surface area contributed by atoms with Crippen molar-refractivity contribution in [3.63, 3.8) is 0 Å². The van der Waals surface area contributed by atoms with Crippen LogP contribution in [0.2, 0.25) is 5.02 Å². The maximum absolute atomic E-state index is 12.3. The van der Waals surface area contributed by atoms with Crippen LogP contribution in [0.5, 0.6) is 0 Å². The Morgan fingerprint density at radius 2 is 1.81 bits per heavy atom. The van der Waals surface area contributed by atoms with Gasteiger partial charge in [-0.15, -0.1) is 0 Å². The Bertz CT molecular complexity index is 555. The molecule has 1 aromatic rings. The standard InChI is InChI=1S/C16H19ClN2O2/c17-13-6-2-3-7-14(13)18-15(20)11-10-12(11)16(21)19-8-4-1-5-9-19/h2-3,6-7,11-12H,1,4-5,8-10H2,(H,18,20). The van der Waals surface area contributed by atoms with Crippen molar-refractivity contribution in [1.29, 1.82) is 0 Å². The van der Waals surface area contributed by atoms with Crippen LogP contribution >= 0.6 is 11.6 Å². The number of anilines is 1. The summed E-state index contributed by atoms with van der Waals surface area (Å²) in [6, 6.07) is 7.15. The van der Waals surface area contributed by atoms with Gasteiger partial charge in [0.2, 0.25) is 11.8 Å². The maximum atomic E-state index is 12.3. The Kier molecular flexibility index (Phi) is 4.15. The van der Waals surface area contributed by atoms with Crippen molar-refractivity contribution >= 4 is 29.1 Å². The molecule has 21 heavy (non-hydrogen) atoms. The average Bonchev–Trinajstić information content (AvgIpc) is 3.30. The third-order valence-corrected chi connectivity index (χ3v) is 4.57. The van der Waals surface area contributed by atoms with E-state index in [0.29, 0.717) is 17.1 Å². The predicted octanol–water partition coefficient (Wildman–Crippen LogP) is 2.93. The molecule has 1 saturated heterocycles. The first-order valence-electron chi connectivity index (χ1n) is 7.51. The number of para-hydroxylation sites is 1. The van der Waals surface area contributed by atoms with E-state index in [9.17, 15) is 9.59 Å². The lowest BCUT2D eigenvalue weighted by Crippen LogP contribution is -2.37. The number of piperidine rings is 1. The summed E-state index contributed by atoms with van der Waals surface area (Å²) >= 11 is 6.02. The van der Waals surface area contributed by atoms with Crippen molar-refractivity contribution in [2.24, 2.45) is 11.8 Å². The number of benzene rings is 1. The fourth-order valence-electron chi connectivity index (χ4n) is 2.89. The number of halogens is 1. The molecule has 1 aliphatic carbocycles. The van der Waals surface area contributed by atoms with Gasteiger partial charge in [-0.1, -0.05) is 23.7 Å². The van der Waals surface area contributed by atoms with Gasteiger partial charge in [0, 0.05) is 13.1 Å². The lowest BCUT2D eigenvalue weighted by atomic mass is 10.1. The summed E-state index contributed by atoms with van der Waals surface area (Å²) < 4.78 is 0. The zero-order chi connectivity index (χ0) is 14.8. The smallest absolute Gasteiger partial charge is 0.228 e. The van der Waals surface area contributed by atoms with E-state index in [4.69, 9.17) is 11.6 Å². The molecule has 2 fully saturated rings. The fourth-order valence-corrected chi connectivity index (χ4v) is 3.08. The summed E-state index contributed by atoms with van der Waals surface area (Å²) in [5.74, 6) is -0.284. The van der Waals surface area contributed by atoms with Gasteiger partial charge in [0.05, 0.1) is 22.5 Å². The second-order valence-electron chi connectivity index (χ2n) is 5.80. The molecule has 0 radical (unpaired) electrons. The van der Waals surface area contributed by atoms with Crippen LogP contribution in [0.1, 0.15) is 25.7 Å². The lowest BCUT2D eigenvalue weighted by molar-refractivity contribution is -0.134. The molecular formula is C16H19ClN2O2. The second kappa shape index (κ2) is 6.06. The van der Waals surface area contributed by atoms with E-state index in [2.05, 4.69) is 5.32 Å². The Morgan fingerprint density at radius 1 is 1.10 bits per heavy atom. The first-order valence-corrected chi connectivity index (χ1v) is 7.89. The molecule has 112 valence electrons. The summed E-state index contributed by atoms with van der Waals surface area (Å²) in [7, 11) is 0. The minimum absolute atomic E-state index is 0.0986. The van der Waals surface area contributed by atoms with Gasteiger partial charge < -0.3 is 10.2 Å². The van der Waals surface area contributed by atoms with Crippen molar-refractivity contribution < 1.29 is 9.59 Å². The molecule has 3 rings (SSSR count). The van der Waals surface area contributed by atoms with E-state index in [0.717, 1.165) is 25.9 Å². The molecule has 1 N–H and O–H groups in total. The molecule has 2 amide bonds. The highest BCUT2D eigenvalue weighted by molar-refractivity contribution is 6.33. The van der Waals surface area contributed by atoms with E-state index >= 15 is 0 Å². The molecule has 2 aliphatic rings. The topological polar surface area (TPSA) is 49.4 Å². The molecule has 1 heterocycles. The van der Waals surface area contributed by atoms with Gasteiger partial charge in [-0.25, -0.2) is 0 Å². The van der Waals surface area contributed by atoms with Crippen molar-refractivity contribution in [3.8, 4) is 0 Å². The van der Waals surface area contributed by atoms with Gasteiger partial charge >= 0.3 is 0 Å². The van der Waals surface area contributed by atoms with Crippen molar-refractivity contribution in [1.82, 2.24) is 4.90 Å². The number of likely N-dealkylation sites (tertiary alicyclic amines) is 1. The highest BCUT2D eigenvalue weighted by Gasteiger charge is 2.49. The van der Waals surface area contributed by atoms with Gasteiger partial charge in [-0.05, 0) is 37.8 Å². The van der Waals surface area contributed by atoms with Crippen LogP contribution in [0.15, 0.2) is 24.3 Å². The molecule has 1 saturated carbocycles. The molecule has 1 aliphatic heterocycles. The minimum atomic E-state index is -0.198. The number of carbonyl (C=O) groups excluding carboxylic acids is 2. The number of amides is 2.